The first-order valence-electron chi connectivity index (χ1n) is 7.68. The van der Waals surface area contributed by atoms with E-state index < -0.39 is 0 Å². The minimum atomic E-state index is -0.281. The zero-order valence-electron chi connectivity index (χ0n) is 13.3. The van der Waals surface area contributed by atoms with Crippen molar-refractivity contribution in [2.24, 2.45) is 0 Å². The normalized spacial score (nSPS) is 18.2. The second-order valence-corrected chi connectivity index (χ2v) is 5.84. The molecular weight excluding hydrogens is 296 g/mol. The minimum Gasteiger partial charge on any atom is -0.461 e. The number of carbonyl (C=O) groups excluding carboxylic acids is 2. The van der Waals surface area contributed by atoms with Gasteiger partial charge < -0.3 is 19.0 Å². The van der Waals surface area contributed by atoms with E-state index in [1.165, 1.54) is 6.26 Å². The van der Waals surface area contributed by atoms with Crippen LogP contribution in [-0.4, -0.2) is 47.4 Å². The van der Waals surface area contributed by atoms with Crippen LogP contribution < -0.4 is 0 Å². The Hall–Kier alpha value is -2.34. The summed E-state index contributed by atoms with van der Waals surface area (Å²) >= 11 is 0. The lowest BCUT2D eigenvalue weighted by Crippen LogP contribution is -2.49. The van der Waals surface area contributed by atoms with Crippen LogP contribution in [0.2, 0.25) is 0 Å². The van der Waals surface area contributed by atoms with E-state index >= 15 is 0 Å². The van der Waals surface area contributed by atoms with Crippen LogP contribution in [0.25, 0.3) is 0 Å². The lowest BCUT2D eigenvalue weighted by atomic mass is 10.1. The van der Waals surface area contributed by atoms with Gasteiger partial charge in [-0.2, -0.15) is 0 Å². The van der Waals surface area contributed by atoms with Crippen LogP contribution in [0.5, 0.6) is 0 Å². The largest absolute Gasteiger partial charge is 0.461 e. The van der Waals surface area contributed by atoms with Gasteiger partial charge in [0.05, 0.1) is 25.5 Å². The third-order valence-corrected chi connectivity index (χ3v) is 4.07. The van der Waals surface area contributed by atoms with Crippen molar-refractivity contribution in [3.05, 3.63) is 47.2 Å². The number of morpholine rings is 1. The Kier molecular flexibility index (Phi) is 4.34. The zero-order chi connectivity index (χ0) is 16.4. The topological polar surface area (TPSA) is 75.5 Å². The number of hydrogen-bond donors (Lipinski definition) is 1. The molecule has 3 rings (SSSR count). The van der Waals surface area contributed by atoms with E-state index in [-0.39, 0.29) is 24.2 Å². The maximum absolute atomic E-state index is 12.8. The molecule has 1 aliphatic heterocycles. The highest BCUT2D eigenvalue weighted by atomic mass is 16.5. The number of hydrogen-bond acceptors (Lipinski definition) is 4. The fourth-order valence-electron chi connectivity index (χ4n) is 2.94. The standard InChI is InChI=1S/C17H20N2O4/c1-11-8-12(2)18-16(11)17(21)19-5-7-22-10-13(19)9-14(20)15-4-3-6-23-15/h3-4,6,8,13,18H,5,7,9-10H2,1-2H3. The van der Waals surface area contributed by atoms with Crippen LogP contribution in [-0.2, 0) is 4.74 Å². The van der Waals surface area contributed by atoms with E-state index in [2.05, 4.69) is 4.98 Å². The van der Waals surface area contributed by atoms with Crippen molar-refractivity contribution < 1.29 is 18.7 Å². The lowest BCUT2D eigenvalue weighted by Gasteiger charge is -2.35. The average molecular weight is 316 g/mol. The summed E-state index contributed by atoms with van der Waals surface area (Å²) in [6, 6.07) is 4.98. The number of Topliss-reactive ketones (excluding diaryl/α,β-unsaturated/α-hetero) is 1. The van der Waals surface area contributed by atoms with Crippen LogP contribution in [0.15, 0.2) is 28.9 Å². The molecule has 2 aromatic heterocycles. The first-order valence-corrected chi connectivity index (χ1v) is 7.68. The number of aromatic nitrogens is 1. The quantitative estimate of drug-likeness (QED) is 0.879. The number of nitrogens with zero attached hydrogens (tertiary/aromatic N) is 1. The molecule has 0 aliphatic carbocycles. The molecule has 23 heavy (non-hydrogen) atoms. The molecule has 1 saturated heterocycles. The Morgan fingerprint density at radius 2 is 2.22 bits per heavy atom. The Bertz CT molecular complexity index is 702. The Morgan fingerprint density at radius 3 is 2.87 bits per heavy atom. The first-order chi connectivity index (χ1) is 11.1. The van der Waals surface area contributed by atoms with Gasteiger partial charge in [0.1, 0.15) is 5.69 Å². The smallest absolute Gasteiger partial charge is 0.270 e. The Labute approximate surface area is 134 Å². The van der Waals surface area contributed by atoms with Crippen molar-refractivity contribution in [1.29, 1.82) is 0 Å². The van der Waals surface area contributed by atoms with Gasteiger partial charge in [0.25, 0.3) is 5.91 Å². The highest BCUT2D eigenvalue weighted by Crippen LogP contribution is 2.19. The Balaban J connectivity index is 1.77. The molecule has 1 amide bonds. The molecule has 1 atom stereocenters. The van der Waals surface area contributed by atoms with E-state index in [4.69, 9.17) is 9.15 Å². The van der Waals surface area contributed by atoms with Crippen LogP contribution in [0.3, 0.4) is 0 Å². The van der Waals surface area contributed by atoms with Crippen molar-refractivity contribution in [1.82, 2.24) is 9.88 Å². The molecular formula is C17H20N2O4. The number of ether oxygens (including phenoxy) is 1. The first kappa shape index (κ1) is 15.6. The monoisotopic (exact) mass is 316 g/mol. The van der Waals surface area contributed by atoms with Crippen molar-refractivity contribution in [3.8, 4) is 0 Å². The Morgan fingerprint density at radius 1 is 1.39 bits per heavy atom. The van der Waals surface area contributed by atoms with E-state index in [1.54, 1.807) is 17.0 Å². The van der Waals surface area contributed by atoms with E-state index in [9.17, 15) is 9.59 Å². The van der Waals surface area contributed by atoms with Gasteiger partial charge in [0.15, 0.2) is 11.5 Å². The van der Waals surface area contributed by atoms with Gasteiger partial charge in [-0.25, -0.2) is 0 Å². The number of H-pyrrole nitrogens is 1. The summed E-state index contributed by atoms with van der Waals surface area (Å²) in [5.74, 6) is 0.105. The molecule has 6 heteroatoms. The van der Waals surface area contributed by atoms with E-state index in [1.807, 2.05) is 19.9 Å². The SMILES string of the molecule is Cc1cc(C)c(C(=O)N2CCOCC2CC(=O)c2ccco2)[nH]1. The predicted octanol–water partition coefficient (Wildman–Crippen LogP) is 2.34. The summed E-state index contributed by atoms with van der Waals surface area (Å²) in [6.45, 7) is 5.14. The number of aryl methyl sites for hydroxylation is 2. The summed E-state index contributed by atoms with van der Waals surface area (Å²) in [7, 11) is 0. The van der Waals surface area contributed by atoms with Crippen LogP contribution in [0.1, 0.15) is 38.7 Å². The van der Waals surface area contributed by atoms with Gasteiger partial charge in [-0.1, -0.05) is 0 Å². The van der Waals surface area contributed by atoms with Crippen molar-refractivity contribution in [2.45, 2.75) is 26.3 Å². The summed E-state index contributed by atoms with van der Waals surface area (Å²) in [5.41, 5.74) is 2.44. The molecule has 2 aromatic rings. The maximum atomic E-state index is 12.8. The molecule has 0 aromatic carbocycles. The van der Waals surface area contributed by atoms with Crippen molar-refractivity contribution in [2.75, 3.05) is 19.8 Å². The summed E-state index contributed by atoms with van der Waals surface area (Å²) in [4.78, 5) is 29.9. The molecule has 3 heterocycles. The molecule has 1 fully saturated rings. The molecule has 122 valence electrons. The maximum Gasteiger partial charge on any atom is 0.270 e. The van der Waals surface area contributed by atoms with E-state index in [0.29, 0.717) is 31.2 Å². The highest BCUT2D eigenvalue weighted by molar-refractivity contribution is 5.96. The summed E-state index contributed by atoms with van der Waals surface area (Å²) < 4.78 is 10.6. The van der Waals surface area contributed by atoms with Crippen LogP contribution >= 0.6 is 0 Å². The minimum absolute atomic E-state index is 0.0869. The molecule has 0 spiro atoms. The number of aromatic amines is 1. The fraction of sp³-hybridized carbons (Fsp3) is 0.412. The summed E-state index contributed by atoms with van der Waals surface area (Å²) in [6.07, 6.45) is 1.66. The number of furan rings is 1. The fourth-order valence-corrected chi connectivity index (χ4v) is 2.94. The van der Waals surface area contributed by atoms with Crippen molar-refractivity contribution >= 4 is 11.7 Å². The van der Waals surface area contributed by atoms with Gasteiger partial charge in [-0.05, 0) is 37.6 Å². The van der Waals surface area contributed by atoms with Crippen molar-refractivity contribution in [3.63, 3.8) is 0 Å². The van der Waals surface area contributed by atoms with Gasteiger partial charge in [-0.3, -0.25) is 9.59 Å². The molecule has 0 radical (unpaired) electrons. The number of amides is 1. The average Bonchev–Trinajstić information content (AvgIpc) is 3.17. The number of rotatable bonds is 4. The van der Waals surface area contributed by atoms with Gasteiger partial charge in [-0.15, -0.1) is 0 Å². The molecule has 6 nitrogen and oxygen atoms in total. The predicted molar refractivity (Wildman–Crippen MR) is 83.6 cm³/mol. The molecule has 0 bridgehead atoms. The third-order valence-electron chi connectivity index (χ3n) is 4.07. The molecule has 1 unspecified atom stereocenters. The van der Waals surface area contributed by atoms with E-state index in [0.717, 1.165) is 11.3 Å². The lowest BCUT2D eigenvalue weighted by molar-refractivity contribution is -0.00334. The molecule has 1 N–H and O–H groups in total. The third kappa shape index (κ3) is 3.22. The highest BCUT2D eigenvalue weighted by Gasteiger charge is 2.31. The van der Waals surface area contributed by atoms with Crippen LogP contribution in [0, 0.1) is 13.8 Å². The molecule has 0 saturated carbocycles. The second-order valence-electron chi connectivity index (χ2n) is 5.84. The molecule has 1 aliphatic rings. The number of ketones is 1. The number of carbonyl (C=O) groups is 2. The van der Waals surface area contributed by atoms with Gasteiger partial charge >= 0.3 is 0 Å². The van der Waals surface area contributed by atoms with Crippen LogP contribution in [0.4, 0.5) is 0 Å². The second kappa shape index (κ2) is 6.42. The zero-order valence-corrected chi connectivity index (χ0v) is 13.3. The van der Waals surface area contributed by atoms with Gasteiger partial charge in [0.2, 0.25) is 0 Å². The van der Waals surface area contributed by atoms with Gasteiger partial charge in [0, 0.05) is 18.7 Å². The summed E-state index contributed by atoms with van der Waals surface area (Å²) in [5, 5.41) is 0. The number of nitrogens with one attached hydrogen (secondary N) is 1.